The van der Waals surface area contributed by atoms with Gasteiger partial charge in [0.2, 0.25) is 0 Å². The lowest BCUT2D eigenvalue weighted by molar-refractivity contribution is 0.0937. The molecule has 4 heteroatoms. The molecule has 0 aromatic heterocycles. The van der Waals surface area contributed by atoms with Crippen LogP contribution in [0.3, 0.4) is 0 Å². The highest BCUT2D eigenvalue weighted by molar-refractivity contribution is 5.95. The average Bonchev–Trinajstić information content (AvgIpc) is 2.58. The van der Waals surface area contributed by atoms with E-state index in [0.717, 1.165) is 12.8 Å². The lowest BCUT2D eigenvalue weighted by Crippen LogP contribution is -2.32. The summed E-state index contributed by atoms with van der Waals surface area (Å²) in [6, 6.07) is 5.55. The molecular formula is C17H25NO3. The second-order valence-electron chi connectivity index (χ2n) is 6.57. The zero-order valence-electron chi connectivity index (χ0n) is 13.4. The van der Waals surface area contributed by atoms with Gasteiger partial charge in [0.1, 0.15) is 0 Å². The maximum absolute atomic E-state index is 12.2. The van der Waals surface area contributed by atoms with Gasteiger partial charge in [-0.1, -0.05) is 27.2 Å². The second kappa shape index (κ2) is 6.37. The molecule has 1 amide bonds. The Morgan fingerprint density at radius 2 is 1.95 bits per heavy atom. The largest absolute Gasteiger partial charge is 0.489 e. The van der Waals surface area contributed by atoms with E-state index >= 15 is 0 Å². The molecule has 1 heterocycles. The monoisotopic (exact) mass is 291 g/mol. The number of carbonyl (C=O) groups is 1. The maximum Gasteiger partial charge on any atom is 0.251 e. The highest BCUT2D eigenvalue weighted by Crippen LogP contribution is 2.34. The number of fused-ring (bicyclic) bond motifs is 1. The number of hydrogen-bond donors (Lipinski definition) is 1. The van der Waals surface area contributed by atoms with Crippen LogP contribution in [0.5, 0.6) is 11.5 Å². The van der Waals surface area contributed by atoms with Crippen LogP contribution in [0.25, 0.3) is 0 Å². The Morgan fingerprint density at radius 1 is 1.29 bits per heavy atom. The molecule has 1 N–H and O–H groups in total. The minimum atomic E-state index is -0.0640. The van der Waals surface area contributed by atoms with Crippen molar-refractivity contribution in [2.24, 2.45) is 5.41 Å². The van der Waals surface area contributed by atoms with Gasteiger partial charge in [0.05, 0.1) is 13.2 Å². The molecular weight excluding hydrogens is 266 g/mol. The SMILES string of the molecule is CCC[C@@H](C)NC(=O)c1ccc2c(c1)OCC(C)(C)CO2. The van der Waals surface area contributed by atoms with Gasteiger partial charge in [-0.2, -0.15) is 0 Å². The summed E-state index contributed by atoms with van der Waals surface area (Å²) in [5, 5.41) is 3.00. The Kier molecular flexibility index (Phi) is 4.76. The Labute approximate surface area is 126 Å². The van der Waals surface area contributed by atoms with Crippen LogP contribution in [-0.4, -0.2) is 25.2 Å². The van der Waals surface area contributed by atoms with E-state index in [4.69, 9.17) is 9.47 Å². The standard InChI is InChI=1S/C17H25NO3/c1-5-6-12(2)18-16(19)13-7-8-14-15(9-13)21-11-17(3,4)10-20-14/h7-9,12H,5-6,10-11H2,1-4H3,(H,18,19)/t12-/m1/s1. The number of nitrogens with one attached hydrogen (secondary N) is 1. The molecule has 4 nitrogen and oxygen atoms in total. The number of ether oxygens (including phenoxy) is 2. The highest BCUT2D eigenvalue weighted by Gasteiger charge is 2.25. The fourth-order valence-electron chi connectivity index (χ4n) is 2.28. The van der Waals surface area contributed by atoms with Crippen LogP contribution in [0.1, 0.15) is 50.9 Å². The summed E-state index contributed by atoms with van der Waals surface area (Å²) in [5.41, 5.74) is 0.580. The Bertz CT molecular complexity index is 511. The Morgan fingerprint density at radius 3 is 2.62 bits per heavy atom. The van der Waals surface area contributed by atoms with Crippen LogP contribution in [0.2, 0.25) is 0 Å². The first-order chi connectivity index (χ1) is 9.91. The normalized spacial score (nSPS) is 17.7. The van der Waals surface area contributed by atoms with E-state index in [1.165, 1.54) is 0 Å². The van der Waals surface area contributed by atoms with E-state index in [0.29, 0.717) is 30.3 Å². The van der Waals surface area contributed by atoms with Gasteiger partial charge in [0.15, 0.2) is 11.5 Å². The molecule has 0 unspecified atom stereocenters. The molecule has 1 aromatic rings. The minimum Gasteiger partial charge on any atom is -0.489 e. The molecule has 0 radical (unpaired) electrons. The van der Waals surface area contributed by atoms with E-state index in [1.54, 1.807) is 12.1 Å². The third-order valence-corrected chi connectivity index (χ3v) is 3.54. The van der Waals surface area contributed by atoms with Crippen LogP contribution < -0.4 is 14.8 Å². The summed E-state index contributed by atoms with van der Waals surface area (Å²) in [6.45, 7) is 9.51. The van der Waals surface area contributed by atoms with Gasteiger partial charge >= 0.3 is 0 Å². The van der Waals surface area contributed by atoms with Gasteiger partial charge in [-0.3, -0.25) is 4.79 Å². The second-order valence-corrected chi connectivity index (χ2v) is 6.57. The van der Waals surface area contributed by atoms with E-state index < -0.39 is 0 Å². The first kappa shape index (κ1) is 15.7. The number of hydrogen-bond acceptors (Lipinski definition) is 3. The lowest BCUT2D eigenvalue weighted by Gasteiger charge is -2.19. The van der Waals surface area contributed by atoms with Crippen molar-refractivity contribution in [3.8, 4) is 11.5 Å². The Hall–Kier alpha value is -1.71. The molecule has 0 bridgehead atoms. The van der Waals surface area contributed by atoms with E-state index in [-0.39, 0.29) is 17.4 Å². The van der Waals surface area contributed by atoms with E-state index in [2.05, 4.69) is 26.1 Å². The van der Waals surface area contributed by atoms with Crippen molar-refractivity contribution >= 4 is 5.91 Å². The summed E-state index contributed by atoms with van der Waals surface area (Å²) >= 11 is 0. The third-order valence-electron chi connectivity index (χ3n) is 3.54. The molecule has 0 saturated heterocycles. The summed E-state index contributed by atoms with van der Waals surface area (Å²) in [6.07, 6.45) is 2.03. The van der Waals surface area contributed by atoms with Gasteiger partial charge < -0.3 is 14.8 Å². The molecule has 0 saturated carbocycles. The quantitative estimate of drug-likeness (QED) is 0.925. The minimum absolute atomic E-state index is 0.0307. The first-order valence-electron chi connectivity index (χ1n) is 7.62. The zero-order chi connectivity index (χ0) is 15.5. The van der Waals surface area contributed by atoms with Crippen molar-refractivity contribution in [2.75, 3.05) is 13.2 Å². The number of rotatable bonds is 4. The van der Waals surface area contributed by atoms with Crippen molar-refractivity contribution in [2.45, 2.75) is 46.6 Å². The van der Waals surface area contributed by atoms with E-state index in [1.807, 2.05) is 13.0 Å². The fourth-order valence-corrected chi connectivity index (χ4v) is 2.28. The van der Waals surface area contributed by atoms with Crippen LogP contribution in [-0.2, 0) is 0 Å². The predicted molar refractivity (Wildman–Crippen MR) is 83.0 cm³/mol. The molecule has 1 aliphatic heterocycles. The summed E-state index contributed by atoms with van der Waals surface area (Å²) in [7, 11) is 0. The van der Waals surface area contributed by atoms with Crippen LogP contribution in [0.15, 0.2) is 18.2 Å². The van der Waals surface area contributed by atoms with Crippen molar-refractivity contribution in [1.82, 2.24) is 5.32 Å². The molecule has 0 fully saturated rings. The van der Waals surface area contributed by atoms with Gasteiger partial charge in [0.25, 0.3) is 5.91 Å². The topological polar surface area (TPSA) is 47.6 Å². The molecule has 1 aliphatic rings. The van der Waals surface area contributed by atoms with Crippen molar-refractivity contribution in [3.63, 3.8) is 0 Å². The summed E-state index contributed by atoms with van der Waals surface area (Å²) in [5.74, 6) is 1.29. The van der Waals surface area contributed by atoms with E-state index in [9.17, 15) is 4.79 Å². The molecule has 1 atom stereocenters. The summed E-state index contributed by atoms with van der Waals surface area (Å²) in [4.78, 5) is 12.2. The molecule has 1 aromatic carbocycles. The van der Waals surface area contributed by atoms with Crippen molar-refractivity contribution in [1.29, 1.82) is 0 Å². The van der Waals surface area contributed by atoms with Crippen molar-refractivity contribution < 1.29 is 14.3 Å². The first-order valence-corrected chi connectivity index (χ1v) is 7.62. The number of carbonyl (C=O) groups excluding carboxylic acids is 1. The highest BCUT2D eigenvalue weighted by atomic mass is 16.5. The number of benzene rings is 1. The molecule has 116 valence electrons. The van der Waals surface area contributed by atoms with Crippen LogP contribution in [0.4, 0.5) is 0 Å². The lowest BCUT2D eigenvalue weighted by atomic mass is 9.97. The fraction of sp³-hybridized carbons (Fsp3) is 0.588. The molecule has 21 heavy (non-hydrogen) atoms. The van der Waals surface area contributed by atoms with Gasteiger partial charge in [-0.15, -0.1) is 0 Å². The predicted octanol–water partition coefficient (Wildman–Crippen LogP) is 3.40. The molecule has 0 aliphatic carbocycles. The van der Waals surface area contributed by atoms with Crippen LogP contribution >= 0.6 is 0 Å². The average molecular weight is 291 g/mol. The maximum atomic E-state index is 12.2. The van der Waals surface area contributed by atoms with Gasteiger partial charge in [0, 0.05) is 17.0 Å². The molecule has 2 rings (SSSR count). The van der Waals surface area contributed by atoms with Gasteiger partial charge in [-0.05, 0) is 31.5 Å². The summed E-state index contributed by atoms with van der Waals surface area (Å²) < 4.78 is 11.6. The van der Waals surface area contributed by atoms with Gasteiger partial charge in [-0.25, -0.2) is 0 Å². The smallest absolute Gasteiger partial charge is 0.251 e. The number of amides is 1. The molecule has 0 spiro atoms. The zero-order valence-corrected chi connectivity index (χ0v) is 13.4. The van der Waals surface area contributed by atoms with Crippen LogP contribution in [0, 0.1) is 5.41 Å². The van der Waals surface area contributed by atoms with Crippen molar-refractivity contribution in [3.05, 3.63) is 23.8 Å². The third kappa shape index (κ3) is 4.13. The Balaban J connectivity index is 2.11.